The van der Waals surface area contributed by atoms with E-state index < -0.39 is 11.3 Å². The zero-order chi connectivity index (χ0) is 16.8. The van der Waals surface area contributed by atoms with Crippen LogP contribution in [-0.2, 0) is 14.3 Å². The van der Waals surface area contributed by atoms with E-state index in [-0.39, 0.29) is 11.8 Å². The summed E-state index contributed by atoms with van der Waals surface area (Å²) < 4.78 is 11.4. The van der Waals surface area contributed by atoms with E-state index in [9.17, 15) is 10.1 Å². The Morgan fingerprint density at radius 1 is 1.29 bits per heavy atom. The Morgan fingerprint density at radius 3 is 2.58 bits per heavy atom. The van der Waals surface area contributed by atoms with Crippen molar-refractivity contribution in [3.8, 4) is 6.07 Å². The molecule has 2 saturated carbocycles. The molecule has 4 rings (SSSR count). The number of carbonyl (C=O) groups is 1. The van der Waals surface area contributed by atoms with Gasteiger partial charge in [0.15, 0.2) is 5.79 Å². The summed E-state index contributed by atoms with van der Waals surface area (Å²) in [5, 5.41) is 12.7. The Labute approximate surface area is 145 Å². The van der Waals surface area contributed by atoms with Gasteiger partial charge in [-0.05, 0) is 38.3 Å². The summed E-state index contributed by atoms with van der Waals surface area (Å²) in [4.78, 5) is 15.2. The number of rotatable bonds is 3. The Kier molecular flexibility index (Phi) is 3.91. The molecule has 5 nitrogen and oxygen atoms in total. The van der Waals surface area contributed by atoms with Crippen molar-refractivity contribution in [2.45, 2.75) is 56.3 Å². The van der Waals surface area contributed by atoms with Gasteiger partial charge < -0.3 is 14.8 Å². The maximum absolute atomic E-state index is 12.6. The highest BCUT2D eigenvalue weighted by Crippen LogP contribution is 2.50. The number of nitrogens with zero attached hydrogens (tertiary/aromatic N) is 1. The zero-order valence-electron chi connectivity index (χ0n) is 13.8. The molecule has 0 bridgehead atoms. The monoisotopic (exact) mass is 346 g/mol. The number of ether oxygens (including phenoxy) is 2. The van der Waals surface area contributed by atoms with Gasteiger partial charge in [0.1, 0.15) is 5.54 Å². The molecule has 1 aromatic rings. The minimum atomic E-state index is -0.768. The molecule has 0 unspecified atom stereocenters. The first kappa shape index (κ1) is 16.1. The molecule has 128 valence electrons. The first-order chi connectivity index (χ1) is 11.5. The van der Waals surface area contributed by atoms with E-state index in [0.29, 0.717) is 44.8 Å². The molecule has 1 N–H and O–H groups in total. The van der Waals surface area contributed by atoms with Gasteiger partial charge in [-0.15, -0.1) is 11.3 Å². The molecule has 6 heteroatoms. The highest BCUT2D eigenvalue weighted by atomic mass is 32.1. The van der Waals surface area contributed by atoms with Gasteiger partial charge in [-0.25, -0.2) is 0 Å². The fraction of sp³-hybridized carbons (Fsp3) is 0.667. The Bertz CT molecular complexity index is 677. The van der Waals surface area contributed by atoms with Crippen LogP contribution in [0.25, 0.3) is 0 Å². The van der Waals surface area contributed by atoms with Crippen molar-refractivity contribution in [1.29, 1.82) is 5.26 Å². The molecule has 1 saturated heterocycles. The minimum absolute atomic E-state index is 0.0168. The van der Waals surface area contributed by atoms with Gasteiger partial charge in [0, 0.05) is 34.4 Å². The lowest BCUT2D eigenvalue weighted by molar-refractivity contribution is -0.183. The normalized spacial score (nSPS) is 30.0. The molecule has 0 radical (unpaired) electrons. The van der Waals surface area contributed by atoms with E-state index in [1.807, 2.05) is 0 Å². The van der Waals surface area contributed by atoms with Gasteiger partial charge in [0.2, 0.25) is 5.91 Å². The second-order valence-electron chi connectivity index (χ2n) is 7.19. The van der Waals surface area contributed by atoms with E-state index in [1.54, 1.807) is 11.3 Å². The number of nitriles is 1. The minimum Gasteiger partial charge on any atom is -0.348 e. The van der Waals surface area contributed by atoms with Crippen molar-refractivity contribution in [3.05, 3.63) is 21.9 Å². The summed E-state index contributed by atoms with van der Waals surface area (Å²) in [7, 11) is 0. The molecule has 0 aromatic carbocycles. The standard InChI is InChI=1S/C18H22N2O3S/c1-12-2-3-15(24-12)13-10-14(13)16(21)20-17(11-19)4-6-18(7-5-17)22-8-9-23-18/h2-3,13-14H,4-10H2,1H3,(H,20,21)/t13-,14+/m0/s1. The number of thiophene rings is 1. The third-order valence-electron chi connectivity index (χ3n) is 5.51. The molecular weight excluding hydrogens is 324 g/mol. The van der Waals surface area contributed by atoms with Crippen molar-refractivity contribution in [2.24, 2.45) is 5.92 Å². The molecule has 2 heterocycles. The predicted octanol–water partition coefficient (Wildman–Crippen LogP) is 2.86. The molecule has 2 atom stereocenters. The van der Waals surface area contributed by atoms with Gasteiger partial charge in [0.25, 0.3) is 0 Å². The summed E-state index contributed by atoms with van der Waals surface area (Å²) in [5.41, 5.74) is -0.768. The SMILES string of the molecule is Cc1ccc([C@H]2C[C@H]2C(=O)NC2(C#N)CCC3(CC2)OCCO3)s1. The Morgan fingerprint density at radius 2 is 2.00 bits per heavy atom. The zero-order valence-corrected chi connectivity index (χ0v) is 14.7. The second-order valence-corrected chi connectivity index (χ2v) is 8.51. The lowest BCUT2D eigenvalue weighted by Gasteiger charge is -2.40. The van der Waals surface area contributed by atoms with E-state index in [2.05, 4.69) is 30.4 Å². The van der Waals surface area contributed by atoms with E-state index in [0.717, 1.165) is 6.42 Å². The smallest absolute Gasteiger partial charge is 0.225 e. The first-order valence-electron chi connectivity index (χ1n) is 8.62. The van der Waals surface area contributed by atoms with Crippen LogP contribution >= 0.6 is 11.3 Å². The summed E-state index contributed by atoms with van der Waals surface area (Å²) >= 11 is 1.76. The van der Waals surface area contributed by atoms with E-state index in [1.165, 1.54) is 9.75 Å². The number of amides is 1. The van der Waals surface area contributed by atoms with E-state index >= 15 is 0 Å². The predicted molar refractivity (Wildman–Crippen MR) is 89.5 cm³/mol. The lowest BCUT2D eigenvalue weighted by atomic mass is 9.79. The number of carbonyl (C=O) groups excluding carboxylic acids is 1. The lowest BCUT2D eigenvalue weighted by Crippen LogP contribution is -2.53. The molecule has 24 heavy (non-hydrogen) atoms. The molecule has 3 fully saturated rings. The van der Waals surface area contributed by atoms with Gasteiger partial charge in [-0.2, -0.15) is 5.26 Å². The third kappa shape index (κ3) is 2.85. The van der Waals surface area contributed by atoms with Crippen molar-refractivity contribution in [2.75, 3.05) is 13.2 Å². The van der Waals surface area contributed by atoms with Crippen LogP contribution in [0.4, 0.5) is 0 Å². The van der Waals surface area contributed by atoms with Crippen LogP contribution < -0.4 is 5.32 Å². The van der Waals surface area contributed by atoms with Gasteiger partial charge >= 0.3 is 0 Å². The van der Waals surface area contributed by atoms with Crippen LogP contribution in [0.1, 0.15) is 47.8 Å². The van der Waals surface area contributed by atoms with Gasteiger partial charge in [0.05, 0.1) is 19.3 Å². The Hall–Kier alpha value is -1.42. The molecular formula is C18H22N2O3S. The fourth-order valence-corrected chi connectivity index (χ4v) is 4.94. The third-order valence-corrected chi connectivity index (χ3v) is 6.64. The topological polar surface area (TPSA) is 71.4 Å². The largest absolute Gasteiger partial charge is 0.348 e. The number of hydrogen-bond acceptors (Lipinski definition) is 5. The molecule has 1 aliphatic heterocycles. The van der Waals surface area contributed by atoms with Crippen LogP contribution in [0.2, 0.25) is 0 Å². The van der Waals surface area contributed by atoms with Crippen LogP contribution in [0.5, 0.6) is 0 Å². The van der Waals surface area contributed by atoms with Crippen molar-refractivity contribution in [3.63, 3.8) is 0 Å². The molecule has 3 aliphatic rings. The average Bonchev–Trinajstić information content (AvgIpc) is 3.07. The molecule has 2 aliphatic carbocycles. The number of aryl methyl sites for hydroxylation is 1. The quantitative estimate of drug-likeness (QED) is 0.913. The summed E-state index contributed by atoms with van der Waals surface area (Å²) in [6, 6.07) is 6.58. The van der Waals surface area contributed by atoms with Crippen molar-refractivity contribution < 1.29 is 14.3 Å². The van der Waals surface area contributed by atoms with Gasteiger partial charge in [-0.1, -0.05) is 0 Å². The second kappa shape index (κ2) is 5.83. The number of nitrogens with one attached hydrogen (secondary N) is 1. The summed E-state index contributed by atoms with van der Waals surface area (Å²) in [6.45, 7) is 3.33. The van der Waals surface area contributed by atoms with Gasteiger partial charge in [-0.3, -0.25) is 4.79 Å². The number of hydrogen-bond donors (Lipinski definition) is 1. The highest BCUT2D eigenvalue weighted by Gasteiger charge is 2.50. The van der Waals surface area contributed by atoms with Crippen molar-refractivity contribution in [1.82, 2.24) is 5.32 Å². The van der Waals surface area contributed by atoms with E-state index in [4.69, 9.17) is 9.47 Å². The van der Waals surface area contributed by atoms with Crippen LogP contribution in [0.15, 0.2) is 12.1 Å². The molecule has 1 spiro atoms. The Balaban J connectivity index is 1.37. The molecule has 1 aromatic heterocycles. The fourth-order valence-electron chi connectivity index (χ4n) is 3.89. The maximum Gasteiger partial charge on any atom is 0.225 e. The van der Waals surface area contributed by atoms with Crippen LogP contribution in [0, 0.1) is 24.2 Å². The van der Waals surface area contributed by atoms with Crippen molar-refractivity contribution >= 4 is 17.2 Å². The van der Waals surface area contributed by atoms with Crippen LogP contribution in [-0.4, -0.2) is 30.4 Å². The summed E-state index contributed by atoms with van der Waals surface area (Å²) in [6.07, 6.45) is 3.40. The highest BCUT2D eigenvalue weighted by molar-refractivity contribution is 7.12. The summed E-state index contributed by atoms with van der Waals surface area (Å²) in [5.74, 6) is -0.141. The maximum atomic E-state index is 12.6. The average molecular weight is 346 g/mol. The molecule has 1 amide bonds. The van der Waals surface area contributed by atoms with Crippen LogP contribution in [0.3, 0.4) is 0 Å². The first-order valence-corrected chi connectivity index (χ1v) is 9.44.